The number of carbonyl (C=O) groups is 3. The van der Waals surface area contributed by atoms with Gasteiger partial charge in [0, 0.05) is 22.7 Å². The third-order valence-electron chi connectivity index (χ3n) is 5.46. The van der Waals surface area contributed by atoms with Gasteiger partial charge in [-0.1, -0.05) is 38.6 Å². The van der Waals surface area contributed by atoms with Gasteiger partial charge in [-0.15, -0.1) is 0 Å². The smallest absolute Gasteiger partial charge is 0.415 e. The first kappa shape index (κ1) is 29.8. The quantitative estimate of drug-likeness (QED) is 0.198. The Labute approximate surface area is 233 Å². The van der Waals surface area contributed by atoms with Crippen molar-refractivity contribution in [3.8, 4) is 17.5 Å². The largest absolute Gasteiger partial charge is 0.465 e. The molecule has 10 nitrogen and oxygen atoms in total. The van der Waals surface area contributed by atoms with E-state index in [1.54, 1.807) is 45.0 Å². The average Bonchev–Trinajstić information content (AvgIpc) is 2.92. The number of amides is 1. The number of hydrogen-bond donors (Lipinski definition) is 0. The van der Waals surface area contributed by atoms with Crippen molar-refractivity contribution in [1.82, 2.24) is 9.97 Å². The summed E-state index contributed by atoms with van der Waals surface area (Å²) < 4.78 is 15.9. The van der Waals surface area contributed by atoms with Crippen molar-refractivity contribution in [3.05, 3.63) is 66.0 Å². The molecule has 1 aromatic heterocycles. The Morgan fingerprint density at radius 3 is 2.42 bits per heavy atom. The number of ether oxygens (including phenoxy) is 3. The molecule has 40 heavy (non-hydrogen) atoms. The van der Waals surface area contributed by atoms with Gasteiger partial charge in [-0.25, -0.2) is 24.4 Å². The molecule has 0 aliphatic heterocycles. The van der Waals surface area contributed by atoms with E-state index in [2.05, 4.69) is 16.5 Å². The molecule has 0 N–H and O–H groups in total. The molecule has 0 spiro atoms. The molecule has 0 saturated carbocycles. The van der Waals surface area contributed by atoms with E-state index >= 15 is 0 Å². The van der Waals surface area contributed by atoms with Crippen LogP contribution in [-0.2, 0) is 14.2 Å². The maximum Gasteiger partial charge on any atom is 0.415 e. The van der Waals surface area contributed by atoms with Crippen LogP contribution >= 0.6 is 0 Å². The average molecular weight is 545 g/mol. The minimum atomic E-state index is -0.858. The second-order valence-electron chi connectivity index (χ2n) is 10.4. The van der Waals surface area contributed by atoms with Gasteiger partial charge in [-0.2, -0.15) is 5.26 Å². The van der Waals surface area contributed by atoms with Crippen molar-refractivity contribution in [2.24, 2.45) is 5.92 Å². The fourth-order valence-corrected chi connectivity index (χ4v) is 3.71. The first-order chi connectivity index (χ1) is 18.8. The third-order valence-corrected chi connectivity index (χ3v) is 5.46. The summed E-state index contributed by atoms with van der Waals surface area (Å²) in [6.07, 6.45) is 0.673. The van der Waals surface area contributed by atoms with E-state index in [4.69, 9.17) is 14.2 Å². The van der Waals surface area contributed by atoms with E-state index in [9.17, 15) is 19.6 Å². The zero-order valence-electron chi connectivity index (χ0n) is 23.5. The molecule has 3 rings (SSSR count). The van der Waals surface area contributed by atoms with E-state index in [1.807, 2.05) is 19.9 Å². The van der Waals surface area contributed by atoms with Crippen LogP contribution in [0.3, 0.4) is 0 Å². The van der Waals surface area contributed by atoms with Crippen LogP contribution < -0.4 is 4.90 Å². The van der Waals surface area contributed by atoms with E-state index in [0.29, 0.717) is 16.3 Å². The molecule has 2 aromatic carbocycles. The first-order valence-corrected chi connectivity index (χ1v) is 12.6. The molecular weight excluding hydrogens is 512 g/mol. The molecule has 0 unspecified atom stereocenters. The summed E-state index contributed by atoms with van der Waals surface area (Å²) >= 11 is 0. The van der Waals surface area contributed by atoms with Crippen LogP contribution in [0.5, 0.6) is 0 Å². The Morgan fingerprint density at radius 2 is 1.80 bits per heavy atom. The molecule has 208 valence electrons. The SMILES string of the molecule is C=C(C#N)CN(C(=O)OC(C)(C)C)c1c(C(=O)OC)ccc2ccc(-c3nccc(C(=O)OCC(C)C)n3)cc12. The Morgan fingerprint density at radius 1 is 1.10 bits per heavy atom. The Balaban J connectivity index is 2.23. The highest BCUT2D eigenvalue weighted by atomic mass is 16.6. The molecule has 1 amide bonds. The highest BCUT2D eigenvalue weighted by molar-refractivity contribution is 6.12. The summed E-state index contributed by atoms with van der Waals surface area (Å²) in [7, 11) is 1.23. The van der Waals surface area contributed by atoms with E-state index < -0.39 is 23.6 Å². The minimum absolute atomic E-state index is 0.0748. The maximum absolute atomic E-state index is 13.4. The highest BCUT2D eigenvalue weighted by Crippen LogP contribution is 2.35. The highest BCUT2D eigenvalue weighted by Gasteiger charge is 2.29. The number of benzene rings is 2. The number of nitrogens with zero attached hydrogens (tertiary/aromatic N) is 4. The number of aromatic nitrogens is 2. The summed E-state index contributed by atoms with van der Waals surface area (Å²) in [5.74, 6) is -0.860. The van der Waals surface area contributed by atoms with Crippen LogP contribution in [0, 0.1) is 17.2 Å². The molecular formula is C30H32N4O6. The number of rotatable bonds is 8. The Hall–Kier alpha value is -4.78. The van der Waals surface area contributed by atoms with Crippen molar-refractivity contribution in [3.63, 3.8) is 0 Å². The molecule has 1 heterocycles. The van der Waals surface area contributed by atoms with Gasteiger partial charge in [0.05, 0.1) is 37.6 Å². The predicted molar refractivity (Wildman–Crippen MR) is 150 cm³/mol. The summed E-state index contributed by atoms with van der Waals surface area (Å²) in [6.45, 7) is 12.7. The molecule has 0 bridgehead atoms. The number of methoxy groups -OCH3 is 1. The van der Waals surface area contributed by atoms with Crippen LogP contribution in [0.15, 0.2) is 54.7 Å². The number of carbonyl (C=O) groups excluding carboxylic acids is 3. The number of fused-ring (bicyclic) bond motifs is 1. The van der Waals surface area contributed by atoms with Gasteiger partial charge in [0.2, 0.25) is 0 Å². The number of hydrogen-bond acceptors (Lipinski definition) is 9. The Bertz CT molecular complexity index is 1500. The van der Waals surface area contributed by atoms with Gasteiger partial charge < -0.3 is 14.2 Å². The molecule has 0 aliphatic rings. The molecule has 10 heteroatoms. The zero-order chi connectivity index (χ0) is 29.6. The zero-order valence-corrected chi connectivity index (χ0v) is 23.5. The summed E-state index contributed by atoms with van der Waals surface area (Å²) in [5, 5.41) is 10.6. The van der Waals surface area contributed by atoms with Crippen molar-refractivity contribution >= 4 is 34.5 Å². The monoisotopic (exact) mass is 544 g/mol. The number of esters is 2. The van der Waals surface area contributed by atoms with Gasteiger partial charge in [0.25, 0.3) is 0 Å². The molecule has 3 aromatic rings. The van der Waals surface area contributed by atoms with Crippen LogP contribution in [0.4, 0.5) is 10.5 Å². The molecule has 0 aliphatic carbocycles. The van der Waals surface area contributed by atoms with Crippen molar-refractivity contribution in [2.45, 2.75) is 40.2 Å². The van der Waals surface area contributed by atoms with Gasteiger partial charge in [-0.05, 0) is 50.3 Å². The molecule has 0 fully saturated rings. The standard InChI is InChI=1S/C30H32N4O6/c1-18(2)17-39-28(36)24-12-13-32-26(33-24)21-9-8-20-10-11-22(27(35)38-7)25(23(20)14-21)34(16-19(3)15-31)29(37)40-30(4,5)6/h8-14,18H,3,16-17H2,1-2,4-7H3. The minimum Gasteiger partial charge on any atom is -0.465 e. The maximum atomic E-state index is 13.4. The molecule has 0 radical (unpaired) electrons. The number of anilines is 1. The van der Waals surface area contributed by atoms with Gasteiger partial charge in [0.15, 0.2) is 11.5 Å². The third kappa shape index (κ3) is 7.20. The van der Waals surface area contributed by atoms with Gasteiger partial charge >= 0.3 is 18.0 Å². The predicted octanol–water partition coefficient (Wildman–Crippen LogP) is 5.72. The Kier molecular flexibility index (Phi) is 9.22. The fraction of sp³-hybridized carbons (Fsp3) is 0.333. The normalized spacial score (nSPS) is 11.1. The lowest BCUT2D eigenvalue weighted by molar-refractivity contribution is 0.0451. The van der Waals surface area contributed by atoms with Crippen molar-refractivity contribution < 1.29 is 28.6 Å². The lowest BCUT2D eigenvalue weighted by Crippen LogP contribution is -2.39. The van der Waals surface area contributed by atoms with Crippen LogP contribution in [0.2, 0.25) is 0 Å². The lowest BCUT2D eigenvalue weighted by Gasteiger charge is -2.29. The van der Waals surface area contributed by atoms with Crippen molar-refractivity contribution in [2.75, 3.05) is 25.2 Å². The van der Waals surface area contributed by atoms with Crippen LogP contribution in [0.25, 0.3) is 22.2 Å². The van der Waals surface area contributed by atoms with Gasteiger partial charge in [-0.3, -0.25) is 4.90 Å². The molecule has 0 atom stereocenters. The van der Waals surface area contributed by atoms with Crippen molar-refractivity contribution in [1.29, 1.82) is 5.26 Å². The second kappa shape index (κ2) is 12.4. The van der Waals surface area contributed by atoms with Crippen LogP contribution in [-0.4, -0.2) is 53.9 Å². The molecule has 0 saturated heterocycles. The second-order valence-corrected chi connectivity index (χ2v) is 10.4. The van der Waals surface area contributed by atoms with Gasteiger partial charge in [0.1, 0.15) is 5.60 Å². The number of nitriles is 1. The fourth-order valence-electron chi connectivity index (χ4n) is 3.71. The van der Waals surface area contributed by atoms with E-state index in [-0.39, 0.29) is 47.4 Å². The lowest BCUT2D eigenvalue weighted by atomic mass is 9.99. The topological polar surface area (TPSA) is 132 Å². The van der Waals surface area contributed by atoms with E-state index in [1.165, 1.54) is 30.3 Å². The van der Waals surface area contributed by atoms with E-state index in [0.717, 1.165) is 0 Å². The summed E-state index contributed by atoms with van der Waals surface area (Å²) in [6, 6.07) is 11.9. The summed E-state index contributed by atoms with van der Waals surface area (Å²) in [5.41, 5.74) is 0.0708. The summed E-state index contributed by atoms with van der Waals surface area (Å²) in [4.78, 5) is 48.7. The van der Waals surface area contributed by atoms with Crippen LogP contribution in [0.1, 0.15) is 55.5 Å². The first-order valence-electron chi connectivity index (χ1n) is 12.6.